The molecule has 2 rings (SSSR count). The number of hydrogen-bond donors (Lipinski definition) is 2. The van der Waals surface area contributed by atoms with E-state index < -0.39 is 0 Å². The van der Waals surface area contributed by atoms with Crippen molar-refractivity contribution in [3.8, 4) is 0 Å². The fraction of sp³-hybridized carbons (Fsp3) is 0.733. The average Bonchev–Trinajstić information content (AvgIpc) is 2.75. The van der Waals surface area contributed by atoms with E-state index in [0.29, 0.717) is 6.04 Å². The largest absolute Gasteiger partial charge is 0.361 e. The highest BCUT2D eigenvalue weighted by Gasteiger charge is 2.28. The Bertz CT molecular complexity index is 450. The Kier molecular flexibility index (Phi) is 4.81. The zero-order chi connectivity index (χ0) is 14.7. The number of rotatable bonds is 4. The molecule has 20 heavy (non-hydrogen) atoms. The van der Waals surface area contributed by atoms with Crippen molar-refractivity contribution in [2.75, 3.05) is 6.54 Å². The minimum atomic E-state index is -0.000980. The highest BCUT2D eigenvalue weighted by Crippen LogP contribution is 2.25. The summed E-state index contributed by atoms with van der Waals surface area (Å²) in [6, 6.07) is 0.414. The Morgan fingerprint density at radius 1 is 1.55 bits per heavy atom. The van der Waals surface area contributed by atoms with Crippen LogP contribution in [0.3, 0.4) is 0 Å². The second kappa shape index (κ2) is 6.39. The van der Waals surface area contributed by atoms with Gasteiger partial charge in [0.2, 0.25) is 5.91 Å². The van der Waals surface area contributed by atoms with E-state index in [-0.39, 0.29) is 17.9 Å². The summed E-state index contributed by atoms with van der Waals surface area (Å²) in [5.41, 5.74) is 1.90. The molecule has 1 unspecified atom stereocenters. The van der Waals surface area contributed by atoms with Gasteiger partial charge in [0, 0.05) is 17.5 Å². The van der Waals surface area contributed by atoms with Crippen LogP contribution in [-0.2, 0) is 4.79 Å². The van der Waals surface area contributed by atoms with Crippen LogP contribution in [0.25, 0.3) is 0 Å². The first-order chi connectivity index (χ1) is 9.52. The van der Waals surface area contributed by atoms with Gasteiger partial charge < -0.3 is 15.2 Å². The van der Waals surface area contributed by atoms with Gasteiger partial charge in [-0.05, 0) is 46.6 Å². The third kappa shape index (κ3) is 3.20. The standard InChI is InChI=1S/C15H25N3O2/c1-5-13(14-10(3)18-20-11(14)4)17-15(19)12-6-7-16-9(2)8-12/h9,12-13,16H,5-8H2,1-4H3,(H,17,19)/t9-,12-,13?/m0/s1. The Balaban J connectivity index is 2.05. The molecule has 1 aliphatic heterocycles. The smallest absolute Gasteiger partial charge is 0.223 e. The maximum absolute atomic E-state index is 12.4. The van der Waals surface area contributed by atoms with Gasteiger partial charge in [-0.15, -0.1) is 0 Å². The van der Waals surface area contributed by atoms with Crippen molar-refractivity contribution in [3.63, 3.8) is 0 Å². The molecule has 0 aromatic carbocycles. The molecule has 0 spiro atoms. The topological polar surface area (TPSA) is 67.2 Å². The highest BCUT2D eigenvalue weighted by molar-refractivity contribution is 5.79. The fourth-order valence-electron chi connectivity index (χ4n) is 3.03. The van der Waals surface area contributed by atoms with Gasteiger partial charge in [0.15, 0.2) is 0 Å². The Hall–Kier alpha value is -1.36. The molecule has 0 bridgehead atoms. The third-order valence-corrected chi connectivity index (χ3v) is 4.16. The van der Waals surface area contributed by atoms with Crippen molar-refractivity contribution in [1.29, 1.82) is 0 Å². The van der Waals surface area contributed by atoms with Crippen LogP contribution in [0.1, 0.15) is 56.2 Å². The maximum atomic E-state index is 12.4. The van der Waals surface area contributed by atoms with Crippen molar-refractivity contribution in [3.05, 3.63) is 17.0 Å². The number of aromatic nitrogens is 1. The van der Waals surface area contributed by atoms with Crippen LogP contribution < -0.4 is 10.6 Å². The predicted molar refractivity (Wildman–Crippen MR) is 77.3 cm³/mol. The summed E-state index contributed by atoms with van der Waals surface area (Å²) in [5.74, 6) is 1.07. The number of piperidine rings is 1. The van der Waals surface area contributed by atoms with Gasteiger partial charge in [0.25, 0.3) is 0 Å². The zero-order valence-corrected chi connectivity index (χ0v) is 12.8. The lowest BCUT2D eigenvalue weighted by Crippen LogP contribution is -2.43. The minimum absolute atomic E-state index is 0.000980. The van der Waals surface area contributed by atoms with E-state index in [1.165, 1.54) is 0 Å². The lowest BCUT2D eigenvalue weighted by atomic mass is 9.91. The van der Waals surface area contributed by atoms with Crippen molar-refractivity contribution >= 4 is 5.91 Å². The molecular formula is C15H25N3O2. The van der Waals surface area contributed by atoms with E-state index in [2.05, 4.69) is 29.6 Å². The summed E-state index contributed by atoms with van der Waals surface area (Å²) in [5, 5.41) is 10.5. The van der Waals surface area contributed by atoms with Crippen LogP contribution in [-0.4, -0.2) is 23.7 Å². The van der Waals surface area contributed by atoms with Crippen LogP contribution in [0, 0.1) is 19.8 Å². The SMILES string of the molecule is CCC(NC(=O)[C@H]1CCN[C@@H](C)C1)c1c(C)noc1C. The molecule has 0 radical (unpaired) electrons. The molecule has 5 nitrogen and oxygen atoms in total. The number of amides is 1. The van der Waals surface area contributed by atoms with E-state index in [9.17, 15) is 4.79 Å². The number of nitrogens with zero attached hydrogens (tertiary/aromatic N) is 1. The molecule has 3 atom stereocenters. The Labute approximate surface area is 120 Å². The molecule has 1 fully saturated rings. The monoisotopic (exact) mass is 279 g/mol. The number of hydrogen-bond acceptors (Lipinski definition) is 4. The molecule has 5 heteroatoms. The van der Waals surface area contributed by atoms with Crippen molar-refractivity contribution in [2.45, 2.75) is 59.0 Å². The summed E-state index contributed by atoms with van der Waals surface area (Å²) in [6.07, 6.45) is 2.66. The van der Waals surface area contributed by atoms with Gasteiger partial charge in [0.1, 0.15) is 5.76 Å². The van der Waals surface area contributed by atoms with Crippen molar-refractivity contribution < 1.29 is 9.32 Å². The van der Waals surface area contributed by atoms with Gasteiger partial charge >= 0.3 is 0 Å². The summed E-state index contributed by atoms with van der Waals surface area (Å²) >= 11 is 0. The molecule has 2 N–H and O–H groups in total. The zero-order valence-electron chi connectivity index (χ0n) is 12.8. The summed E-state index contributed by atoms with van der Waals surface area (Å²) in [7, 11) is 0. The third-order valence-electron chi connectivity index (χ3n) is 4.16. The first kappa shape index (κ1) is 15.0. The summed E-state index contributed by atoms with van der Waals surface area (Å²) < 4.78 is 5.21. The molecule has 0 saturated carbocycles. The molecule has 1 aromatic rings. The normalized spacial score (nSPS) is 24.4. The van der Waals surface area contributed by atoms with Gasteiger partial charge in [-0.3, -0.25) is 4.79 Å². The highest BCUT2D eigenvalue weighted by atomic mass is 16.5. The van der Waals surface area contributed by atoms with Crippen LogP contribution in [0.2, 0.25) is 0 Å². The Morgan fingerprint density at radius 2 is 2.30 bits per heavy atom. The van der Waals surface area contributed by atoms with E-state index >= 15 is 0 Å². The molecule has 1 aliphatic rings. The minimum Gasteiger partial charge on any atom is -0.361 e. The second-order valence-corrected chi connectivity index (χ2v) is 5.78. The lowest BCUT2D eigenvalue weighted by Gasteiger charge is -2.28. The molecule has 1 aromatic heterocycles. The van der Waals surface area contributed by atoms with Gasteiger partial charge in [-0.1, -0.05) is 12.1 Å². The lowest BCUT2D eigenvalue weighted by molar-refractivity contribution is -0.126. The van der Waals surface area contributed by atoms with Gasteiger partial charge in [-0.2, -0.15) is 0 Å². The van der Waals surface area contributed by atoms with E-state index in [4.69, 9.17) is 4.52 Å². The van der Waals surface area contributed by atoms with Crippen molar-refractivity contribution in [2.24, 2.45) is 5.92 Å². The van der Waals surface area contributed by atoms with Crippen LogP contribution in [0.5, 0.6) is 0 Å². The maximum Gasteiger partial charge on any atom is 0.223 e. The molecule has 1 amide bonds. The second-order valence-electron chi connectivity index (χ2n) is 5.78. The van der Waals surface area contributed by atoms with E-state index in [0.717, 1.165) is 42.8 Å². The van der Waals surface area contributed by atoms with Crippen LogP contribution in [0.15, 0.2) is 4.52 Å². The number of aryl methyl sites for hydroxylation is 2. The number of nitrogens with one attached hydrogen (secondary N) is 2. The Morgan fingerprint density at radius 3 is 2.85 bits per heavy atom. The van der Waals surface area contributed by atoms with Crippen LogP contribution in [0.4, 0.5) is 0 Å². The van der Waals surface area contributed by atoms with E-state index in [1.54, 1.807) is 0 Å². The molecular weight excluding hydrogens is 254 g/mol. The van der Waals surface area contributed by atoms with E-state index in [1.807, 2.05) is 13.8 Å². The molecule has 0 aliphatic carbocycles. The molecule has 1 saturated heterocycles. The van der Waals surface area contributed by atoms with Gasteiger partial charge in [0.05, 0.1) is 11.7 Å². The molecule has 2 heterocycles. The molecule has 112 valence electrons. The number of carbonyl (C=O) groups excluding carboxylic acids is 1. The summed E-state index contributed by atoms with van der Waals surface area (Å²) in [4.78, 5) is 12.4. The first-order valence-corrected chi connectivity index (χ1v) is 7.49. The fourth-order valence-corrected chi connectivity index (χ4v) is 3.03. The predicted octanol–water partition coefficient (Wildman–Crippen LogP) is 2.25. The van der Waals surface area contributed by atoms with Crippen molar-refractivity contribution in [1.82, 2.24) is 15.8 Å². The number of carbonyl (C=O) groups is 1. The quantitative estimate of drug-likeness (QED) is 0.887. The first-order valence-electron chi connectivity index (χ1n) is 7.49. The summed E-state index contributed by atoms with van der Waals surface area (Å²) in [6.45, 7) is 8.94. The van der Waals surface area contributed by atoms with Gasteiger partial charge in [-0.25, -0.2) is 0 Å². The average molecular weight is 279 g/mol. The van der Waals surface area contributed by atoms with Crippen LogP contribution >= 0.6 is 0 Å².